The minimum Gasteiger partial charge on any atom is -0.497 e. The maximum Gasteiger partial charge on any atom is 0.126 e. The zero-order chi connectivity index (χ0) is 13.1. The summed E-state index contributed by atoms with van der Waals surface area (Å²) in [5.41, 5.74) is 3.90. The third-order valence-corrected chi connectivity index (χ3v) is 3.56. The van der Waals surface area contributed by atoms with Crippen molar-refractivity contribution in [1.29, 1.82) is 0 Å². The average molecular weight is 254 g/mol. The molecule has 3 nitrogen and oxygen atoms in total. The lowest BCUT2D eigenvalue weighted by molar-refractivity contribution is 0.414. The Morgan fingerprint density at radius 1 is 1.11 bits per heavy atom. The Balaban J connectivity index is 1.65. The molecule has 1 aromatic carbocycles. The van der Waals surface area contributed by atoms with Gasteiger partial charge in [0.2, 0.25) is 0 Å². The normalized spacial score (nSPS) is 13.1. The number of methoxy groups -OCH3 is 1. The molecule has 1 N–H and O–H groups in total. The molecule has 0 aliphatic heterocycles. The summed E-state index contributed by atoms with van der Waals surface area (Å²) in [5, 5.41) is 3.38. The number of benzene rings is 1. The SMILES string of the molecule is COc1ccc(CNc2ccc3c(n2)CCC3)cc1. The number of rotatable bonds is 4. The van der Waals surface area contributed by atoms with Gasteiger partial charge in [-0.2, -0.15) is 0 Å². The predicted molar refractivity (Wildman–Crippen MR) is 76.6 cm³/mol. The predicted octanol–water partition coefficient (Wildman–Crippen LogP) is 3.19. The van der Waals surface area contributed by atoms with Crippen molar-refractivity contribution >= 4 is 5.82 Å². The Labute approximate surface area is 113 Å². The molecule has 3 rings (SSSR count). The molecule has 0 fully saturated rings. The van der Waals surface area contributed by atoms with Crippen LogP contribution < -0.4 is 10.1 Å². The van der Waals surface area contributed by atoms with E-state index in [-0.39, 0.29) is 0 Å². The number of fused-ring (bicyclic) bond motifs is 1. The number of pyridine rings is 1. The van der Waals surface area contributed by atoms with Crippen LogP contribution in [0.3, 0.4) is 0 Å². The summed E-state index contributed by atoms with van der Waals surface area (Å²) in [6, 6.07) is 12.4. The van der Waals surface area contributed by atoms with Crippen molar-refractivity contribution in [2.75, 3.05) is 12.4 Å². The lowest BCUT2D eigenvalue weighted by Gasteiger charge is -2.08. The summed E-state index contributed by atoms with van der Waals surface area (Å²) >= 11 is 0. The fourth-order valence-corrected chi connectivity index (χ4v) is 2.46. The standard InChI is InChI=1S/C16H18N2O/c1-19-14-8-5-12(6-9-14)11-17-16-10-7-13-3-2-4-15(13)18-16/h5-10H,2-4,11H2,1H3,(H,17,18). The molecule has 0 unspecified atom stereocenters. The number of hydrogen-bond acceptors (Lipinski definition) is 3. The highest BCUT2D eigenvalue weighted by Crippen LogP contribution is 2.22. The summed E-state index contributed by atoms with van der Waals surface area (Å²) in [6.07, 6.45) is 3.54. The van der Waals surface area contributed by atoms with Crippen LogP contribution in [0.25, 0.3) is 0 Å². The molecule has 1 aliphatic carbocycles. The zero-order valence-electron chi connectivity index (χ0n) is 11.1. The first-order valence-electron chi connectivity index (χ1n) is 6.71. The summed E-state index contributed by atoms with van der Waals surface area (Å²) in [5.74, 6) is 1.86. The van der Waals surface area contributed by atoms with Gasteiger partial charge in [0.1, 0.15) is 11.6 Å². The molecule has 19 heavy (non-hydrogen) atoms. The number of hydrogen-bond donors (Lipinski definition) is 1. The maximum atomic E-state index is 5.15. The highest BCUT2D eigenvalue weighted by Gasteiger charge is 2.12. The van der Waals surface area contributed by atoms with Crippen molar-refractivity contribution in [3.8, 4) is 5.75 Å². The number of aromatic nitrogens is 1. The topological polar surface area (TPSA) is 34.1 Å². The average Bonchev–Trinajstić information content (AvgIpc) is 2.93. The van der Waals surface area contributed by atoms with Gasteiger partial charge in [-0.3, -0.25) is 0 Å². The quantitative estimate of drug-likeness (QED) is 0.909. The Hall–Kier alpha value is -2.03. The molecule has 0 amide bonds. The number of ether oxygens (including phenoxy) is 1. The van der Waals surface area contributed by atoms with E-state index in [1.165, 1.54) is 29.7 Å². The highest BCUT2D eigenvalue weighted by atomic mass is 16.5. The minimum atomic E-state index is 0.787. The first kappa shape index (κ1) is 12.0. The van der Waals surface area contributed by atoms with Crippen LogP contribution in [0.4, 0.5) is 5.82 Å². The molecule has 0 bridgehead atoms. The summed E-state index contributed by atoms with van der Waals surface area (Å²) in [4.78, 5) is 4.67. The van der Waals surface area contributed by atoms with Crippen molar-refractivity contribution in [2.24, 2.45) is 0 Å². The molecule has 0 saturated carbocycles. The zero-order valence-corrected chi connectivity index (χ0v) is 11.1. The Morgan fingerprint density at radius 2 is 1.95 bits per heavy atom. The second-order valence-corrected chi connectivity index (χ2v) is 4.86. The third kappa shape index (κ3) is 2.70. The van der Waals surface area contributed by atoms with Gasteiger partial charge in [0.15, 0.2) is 0 Å². The van der Waals surface area contributed by atoms with Gasteiger partial charge in [-0.25, -0.2) is 4.98 Å². The van der Waals surface area contributed by atoms with E-state index < -0.39 is 0 Å². The molecule has 0 atom stereocenters. The van der Waals surface area contributed by atoms with Gasteiger partial charge in [-0.15, -0.1) is 0 Å². The monoisotopic (exact) mass is 254 g/mol. The summed E-state index contributed by atoms with van der Waals surface area (Å²) in [7, 11) is 1.68. The Morgan fingerprint density at radius 3 is 2.74 bits per heavy atom. The van der Waals surface area contributed by atoms with E-state index in [1.54, 1.807) is 7.11 Å². The second kappa shape index (κ2) is 5.31. The van der Waals surface area contributed by atoms with Crippen molar-refractivity contribution in [3.63, 3.8) is 0 Å². The van der Waals surface area contributed by atoms with E-state index in [4.69, 9.17) is 4.74 Å². The minimum absolute atomic E-state index is 0.787. The van der Waals surface area contributed by atoms with Crippen LogP contribution in [0, 0.1) is 0 Å². The molecule has 3 heteroatoms. The first-order chi connectivity index (χ1) is 9.35. The van der Waals surface area contributed by atoms with Gasteiger partial charge in [0.05, 0.1) is 7.11 Å². The molecule has 0 spiro atoms. The maximum absolute atomic E-state index is 5.15. The van der Waals surface area contributed by atoms with Crippen LogP contribution in [-0.4, -0.2) is 12.1 Å². The van der Waals surface area contributed by atoms with Gasteiger partial charge in [0.25, 0.3) is 0 Å². The van der Waals surface area contributed by atoms with Crippen molar-refractivity contribution in [2.45, 2.75) is 25.8 Å². The molecular formula is C16H18N2O. The lowest BCUT2D eigenvalue weighted by atomic mass is 10.2. The molecule has 2 aromatic rings. The number of nitrogens with one attached hydrogen (secondary N) is 1. The number of aryl methyl sites for hydroxylation is 2. The van der Waals surface area contributed by atoms with E-state index in [0.29, 0.717) is 0 Å². The molecular weight excluding hydrogens is 236 g/mol. The number of anilines is 1. The van der Waals surface area contributed by atoms with Crippen LogP contribution in [0.5, 0.6) is 5.75 Å². The smallest absolute Gasteiger partial charge is 0.126 e. The molecule has 0 saturated heterocycles. The molecule has 98 valence electrons. The largest absolute Gasteiger partial charge is 0.497 e. The molecule has 0 radical (unpaired) electrons. The van der Waals surface area contributed by atoms with Gasteiger partial charge in [0, 0.05) is 12.2 Å². The van der Waals surface area contributed by atoms with E-state index in [1.807, 2.05) is 12.1 Å². The van der Waals surface area contributed by atoms with Gasteiger partial charge in [-0.1, -0.05) is 18.2 Å². The lowest BCUT2D eigenvalue weighted by Crippen LogP contribution is -2.02. The van der Waals surface area contributed by atoms with Crippen molar-refractivity contribution < 1.29 is 4.74 Å². The Kier molecular flexibility index (Phi) is 3.36. The summed E-state index contributed by atoms with van der Waals surface area (Å²) < 4.78 is 5.15. The van der Waals surface area contributed by atoms with Crippen LogP contribution in [-0.2, 0) is 19.4 Å². The van der Waals surface area contributed by atoms with Gasteiger partial charge >= 0.3 is 0 Å². The van der Waals surface area contributed by atoms with Crippen LogP contribution >= 0.6 is 0 Å². The highest BCUT2D eigenvalue weighted by molar-refractivity contribution is 5.41. The number of nitrogens with zero attached hydrogens (tertiary/aromatic N) is 1. The fraction of sp³-hybridized carbons (Fsp3) is 0.312. The first-order valence-corrected chi connectivity index (χ1v) is 6.71. The molecule has 1 aromatic heterocycles. The van der Waals surface area contributed by atoms with Crippen LogP contribution in [0.1, 0.15) is 23.2 Å². The fourth-order valence-electron chi connectivity index (χ4n) is 2.46. The van der Waals surface area contributed by atoms with E-state index in [2.05, 4.69) is 34.6 Å². The van der Waals surface area contributed by atoms with Crippen molar-refractivity contribution in [1.82, 2.24) is 4.98 Å². The van der Waals surface area contributed by atoms with E-state index in [9.17, 15) is 0 Å². The molecule has 1 heterocycles. The van der Waals surface area contributed by atoms with E-state index in [0.717, 1.165) is 24.5 Å². The van der Waals surface area contributed by atoms with Gasteiger partial charge < -0.3 is 10.1 Å². The second-order valence-electron chi connectivity index (χ2n) is 4.86. The van der Waals surface area contributed by atoms with Gasteiger partial charge in [-0.05, 0) is 48.6 Å². The Bertz CT molecular complexity index is 563. The van der Waals surface area contributed by atoms with Crippen LogP contribution in [0.2, 0.25) is 0 Å². The van der Waals surface area contributed by atoms with Crippen LogP contribution in [0.15, 0.2) is 36.4 Å². The molecule has 1 aliphatic rings. The van der Waals surface area contributed by atoms with E-state index >= 15 is 0 Å². The summed E-state index contributed by atoms with van der Waals surface area (Å²) in [6.45, 7) is 0.787. The van der Waals surface area contributed by atoms with Crippen molar-refractivity contribution in [3.05, 3.63) is 53.2 Å². The third-order valence-electron chi connectivity index (χ3n) is 3.56.